The molecule has 2 heterocycles. The first-order chi connectivity index (χ1) is 12.2. The van der Waals surface area contributed by atoms with Crippen molar-refractivity contribution in [2.24, 2.45) is 7.05 Å². The van der Waals surface area contributed by atoms with Gasteiger partial charge in [0, 0.05) is 13.2 Å². The number of hydrogen-bond acceptors (Lipinski definition) is 7. The van der Waals surface area contributed by atoms with Crippen LogP contribution in [0.5, 0.6) is 0 Å². The summed E-state index contributed by atoms with van der Waals surface area (Å²) >= 11 is 0. The first-order valence-corrected chi connectivity index (χ1v) is 7.50. The molecule has 1 N–H and O–H groups in total. The maximum atomic E-state index is 11.9. The van der Waals surface area contributed by atoms with Gasteiger partial charge >= 0.3 is 11.7 Å². The van der Waals surface area contributed by atoms with Crippen molar-refractivity contribution in [2.45, 2.75) is 20.4 Å². The summed E-state index contributed by atoms with van der Waals surface area (Å²) < 4.78 is 7.44. The molecular formula is C15H17N5O6. The Kier molecular flexibility index (Phi) is 5.50. The normalized spacial score (nSPS) is 10.4. The predicted molar refractivity (Wildman–Crippen MR) is 87.2 cm³/mol. The van der Waals surface area contributed by atoms with Crippen molar-refractivity contribution in [1.29, 1.82) is 0 Å². The third-order valence-electron chi connectivity index (χ3n) is 3.60. The van der Waals surface area contributed by atoms with E-state index in [-0.39, 0.29) is 29.3 Å². The Labute approximate surface area is 147 Å². The van der Waals surface area contributed by atoms with E-state index >= 15 is 0 Å². The quantitative estimate of drug-likeness (QED) is 0.441. The van der Waals surface area contributed by atoms with Crippen molar-refractivity contribution in [1.82, 2.24) is 19.7 Å². The van der Waals surface area contributed by atoms with Gasteiger partial charge in [0.1, 0.15) is 23.6 Å². The van der Waals surface area contributed by atoms with Crippen LogP contribution in [0.4, 0.5) is 5.69 Å². The van der Waals surface area contributed by atoms with E-state index in [1.807, 2.05) is 0 Å². The summed E-state index contributed by atoms with van der Waals surface area (Å²) in [5, 5.41) is 16.9. The van der Waals surface area contributed by atoms with Gasteiger partial charge in [0.25, 0.3) is 11.8 Å². The van der Waals surface area contributed by atoms with Crippen LogP contribution in [0.25, 0.3) is 0 Å². The van der Waals surface area contributed by atoms with Gasteiger partial charge in [-0.05, 0) is 26.0 Å². The van der Waals surface area contributed by atoms with Crippen molar-refractivity contribution < 1.29 is 24.0 Å². The number of nitrogens with zero attached hydrogens (tertiary/aromatic N) is 4. The average molecular weight is 363 g/mol. The smallest absolute Gasteiger partial charge is 0.328 e. The molecule has 0 aliphatic rings. The van der Waals surface area contributed by atoms with Crippen LogP contribution in [0, 0.1) is 24.0 Å². The van der Waals surface area contributed by atoms with Gasteiger partial charge in [-0.3, -0.25) is 34.5 Å². The second kappa shape index (κ2) is 7.59. The molecule has 11 nitrogen and oxygen atoms in total. The Morgan fingerprint density at radius 1 is 1.35 bits per heavy atom. The number of aromatic nitrogens is 3. The Morgan fingerprint density at radius 3 is 2.58 bits per heavy atom. The van der Waals surface area contributed by atoms with Gasteiger partial charge in [-0.1, -0.05) is 0 Å². The van der Waals surface area contributed by atoms with E-state index in [0.29, 0.717) is 0 Å². The minimum atomic E-state index is -0.813. The SMILES string of the molecule is Cc1nn(CC(=O)OCC(=O)NC(=O)c2cccn2C)c(C)c1[N+](=O)[O-]. The van der Waals surface area contributed by atoms with Crippen LogP contribution in [-0.4, -0.2) is 43.7 Å². The third kappa shape index (κ3) is 4.12. The van der Waals surface area contributed by atoms with Crippen LogP contribution in [0.1, 0.15) is 21.9 Å². The van der Waals surface area contributed by atoms with Crippen molar-refractivity contribution in [3.8, 4) is 0 Å². The molecule has 0 aromatic carbocycles. The number of nitro groups is 1. The van der Waals surface area contributed by atoms with E-state index < -0.39 is 29.3 Å². The molecule has 138 valence electrons. The zero-order valence-electron chi connectivity index (χ0n) is 14.4. The maximum absolute atomic E-state index is 11.9. The van der Waals surface area contributed by atoms with Gasteiger partial charge in [0.2, 0.25) is 0 Å². The van der Waals surface area contributed by atoms with Gasteiger partial charge in [-0.15, -0.1) is 0 Å². The summed E-state index contributed by atoms with van der Waals surface area (Å²) in [6, 6.07) is 3.18. The van der Waals surface area contributed by atoms with Gasteiger partial charge in [0.05, 0.1) is 4.92 Å². The van der Waals surface area contributed by atoms with Gasteiger partial charge in [-0.2, -0.15) is 5.10 Å². The minimum absolute atomic E-state index is 0.172. The summed E-state index contributed by atoms with van der Waals surface area (Å²) in [4.78, 5) is 45.7. The monoisotopic (exact) mass is 363 g/mol. The molecule has 2 aromatic heterocycles. The minimum Gasteiger partial charge on any atom is -0.454 e. The lowest BCUT2D eigenvalue weighted by Gasteiger charge is -2.07. The molecule has 2 aromatic rings. The van der Waals surface area contributed by atoms with Crippen LogP contribution < -0.4 is 5.32 Å². The molecule has 2 amide bonds. The zero-order valence-corrected chi connectivity index (χ0v) is 14.4. The number of esters is 1. The van der Waals surface area contributed by atoms with Crippen molar-refractivity contribution in [2.75, 3.05) is 6.61 Å². The number of carbonyl (C=O) groups excluding carboxylic acids is 3. The highest BCUT2D eigenvalue weighted by Crippen LogP contribution is 2.21. The molecule has 0 spiro atoms. The fourth-order valence-electron chi connectivity index (χ4n) is 2.34. The number of carbonyl (C=O) groups is 3. The summed E-state index contributed by atoms with van der Waals surface area (Å²) in [5.41, 5.74) is 0.474. The highest BCUT2D eigenvalue weighted by atomic mass is 16.6. The molecule has 0 fully saturated rings. The van der Waals surface area contributed by atoms with Crippen LogP contribution in [-0.2, 0) is 27.9 Å². The molecule has 0 atom stereocenters. The standard InChI is InChI=1S/C15H17N5O6/c1-9-14(20(24)25)10(2)19(17-9)7-13(22)26-8-12(21)16-15(23)11-5-4-6-18(11)3/h4-6H,7-8H2,1-3H3,(H,16,21,23). The van der Waals surface area contributed by atoms with Gasteiger partial charge in [0.15, 0.2) is 6.61 Å². The number of hydrogen-bond donors (Lipinski definition) is 1. The lowest BCUT2D eigenvalue weighted by atomic mass is 10.3. The number of amides is 2. The zero-order chi connectivity index (χ0) is 19.4. The summed E-state index contributed by atoms with van der Waals surface area (Å²) in [5.74, 6) is -2.22. The van der Waals surface area contributed by atoms with Crippen LogP contribution in [0.3, 0.4) is 0 Å². The predicted octanol–water partition coefficient (Wildman–Crippen LogP) is 0.246. The van der Waals surface area contributed by atoms with E-state index in [4.69, 9.17) is 4.74 Å². The largest absolute Gasteiger partial charge is 0.454 e. The molecule has 0 bridgehead atoms. The summed E-state index contributed by atoms with van der Waals surface area (Å²) in [6.07, 6.45) is 1.65. The second-order valence-electron chi connectivity index (χ2n) is 5.48. The van der Waals surface area contributed by atoms with Gasteiger partial charge < -0.3 is 9.30 Å². The molecule has 0 saturated heterocycles. The summed E-state index contributed by atoms with van der Waals surface area (Å²) in [6.45, 7) is 1.86. The van der Waals surface area contributed by atoms with Crippen molar-refractivity contribution >= 4 is 23.5 Å². The van der Waals surface area contributed by atoms with E-state index in [1.54, 1.807) is 19.3 Å². The Hall–Kier alpha value is -3.50. The van der Waals surface area contributed by atoms with Crippen LogP contribution in [0.2, 0.25) is 0 Å². The maximum Gasteiger partial charge on any atom is 0.328 e. The molecule has 0 aliphatic carbocycles. The first-order valence-electron chi connectivity index (χ1n) is 7.50. The highest BCUT2D eigenvalue weighted by molar-refractivity contribution is 6.04. The van der Waals surface area contributed by atoms with E-state index in [9.17, 15) is 24.5 Å². The van der Waals surface area contributed by atoms with E-state index in [1.165, 1.54) is 24.5 Å². The summed E-state index contributed by atoms with van der Waals surface area (Å²) in [7, 11) is 1.65. The topological polar surface area (TPSA) is 138 Å². The molecule has 26 heavy (non-hydrogen) atoms. The molecule has 0 aliphatic heterocycles. The number of rotatable bonds is 6. The number of nitrogens with one attached hydrogen (secondary N) is 1. The number of ether oxygens (including phenoxy) is 1. The van der Waals surface area contributed by atoms with E-state index in [0.717, 1.165) is 4.68 Å². The molecule has 2 rings (SSSR count). The second-order valence-corrected chi connectivity index (χ2v) is 5.48. The molecule has 0 unspecified atom stereocenters. The van der Waals surface area contributed by atoms with Crippen molar-refractivity contribution in [3.63, 3.8) is 0 Å². The molecular weight excluding hydrogens is 346 g/mol. The highest BCUT2D eigenvalue weighted by Gasteiger charge is 2.23. The Bertz CT molecular complexity index is 881. The lowest BCUT2D eigenvalue weighted by Crippen LogP contribution is -2.35. The van der Waals surface area contributed by atoms with Crippen molar-refractivity contribution in [3.05, 3.63) is 45.5 Å². The average Bonchev–Trinajstić information content (AvgIpc) is 3.09. The Morgan fingerprint density at radius 2 is 2.04 bits per heavy atom. The molecule has 11 heteroatoms. The molecule has 0 radical (unpaired) electrons. The fraction of sp³-hybridized carbons (Fsp3) is 0.333. The van der Waals surface area contributed by atoms with Crippen LogP contribution in [0.15, 0.2) is 18.3 Å². The third-order valence-corrected chi connectivity index (χ3v) is 3.60. The van der Waals surface area contributed by atoms with Gasteiger partial charge in [-0.25, -0.2) is 0 Å². The number of aryl methyl sites for hydroxylation is 2. The Balaban J connectivity index is 1.88. The number of imide groups is 1. The molecule has 0 saturated carbocycles. The van der Waals surface area contributed by atoms with Crippen LogP contribution >= 0.6 is 0 Å². The van der Waals surface area contributed by atoms with E-state index in [2.05, 4.69) is 10.4 Å². The fourth-order valence-corrected chi connectivity index (χ4v) is 2.34. The first kappa shape index (κ1) is 18.8. The lowest BCUT2D eigenvalue weighted by molar-refractivity contribution is -0.386.